The van der Waals surface area contributed by atoms with Crippen LogP contribution in [0.15, 0.2) is 47.1 Å². The normalized spacial score (nSPS) is 11.1. The van der Waals surface area contributed by atoms with Crippen LogP contribution in [-0.4, -0.2) is 26.4 Å². The van der Waals surface area contributed by atoms with Crippen molar-refractivity contribution in [3.05, 3.63) is 58.3 Å². The van der Waals surface area contributed by atoms with Crippen LogP contribution in [0.2, 0.25) is 0 Å². The summed E-state index contributed by atoms with van der Waals surface area (Å²) in [6, 6.07) is 6.30. The standard InChI is InChI=1S/C17H16F2N4OS2/c1-11-14(25-10-20-11)6-7-23-9-12(8-21-23)22-16(24)13-4-2-3-5-15(13)26-17(18)19/h2-5,8-10,17H,6-7H2,1H3,(H,22,24). The summed E-state index contributed by atoms with van der Waals surface area (Å²) in [6.45, 7) is 2.63. The monoisotopic (exact) mass is 394 g/mol. The molecule has 136 valence electrons. The van der Waals surface area contributed by atoms with Crippen LogP contribution in [0.25, 0.3) is 0 Å². The first kappa shape index (κ1) is 18.5. The van der Waals surface area contributed by atoms with E-state index < -0.39 is 11.7 Å². The fraction of sp³-hybridized carbons (Fsp3) is 0.235. The molecule has 3 aromatic rings. The van der Waals surface area contributed by atoms with Gasteiger partial charge in [0.25, 0.3) is 11.7 Å². The van der Waals surface area contributed by atoms with E-state index in [0.717, 1.165) is 12.1 Å². The number of nitrogens with zero attached hydrogens (tertiary/aromatic N) is 3. The third-order valence-corrected chi connectivity index (χ3v) is 5.43. The summed E-state index contributed by atoms with van der Waals surface area (Å²) in [6.07, 6.45) is 4.07. The minimum Gasteiger partial charge on any atom is -0.319 e. The zero-order valence-corrected chi connectivity index (χ0v) is 15.5. The number of nitrogens with one attached hydrogen (secondary N) is 1. The van der Waals surface area contributed by atoms with E-state index in [0.29, 0.717) is 24.0 Å². The third kappa shape index (κ3) is 4.67. The van der Waals surface area contributed by atoms with E-state index in [4.69, 9.17) is 0 Å². The van der Waals surface area contributed by atoms with Gasteiger partial charge in [0.15, 0.2) is 0 Å². The van der Waals surface area contributed by atoms with Crippen molar-refractivity contribution in [2.75, 3.05) is 5.32 Å². The van der Waals surface area contributed by atoms with Gasteiger partial charge in [-0.3, -0.25) is 9.48 Å². The van der Waals surface area contributed by atoms with E-state index in [-0.39, 0.29) is 10.5 Å². The van der Waals surface area contributed by atoms with E-state index in [1.54, 1.807) is 40.5 Å². The molecule has 1 amide bonds. The number of rotatable bonds is 7. The Bertz CT molecular complexity index is 894. The van der Waals surface area contributed by atoms with Crippen LogP contribution >= 0.6 is 23.1 Å². The van der Waals surface area contributed by atoms with E-state index >= 15 is 0 Å². The van der Waals surface area contributed by atoms with Gasteiger partial charge in [-0.15, -0.1) is 11.3 Å². The Kier molecular flexibility index (Phi) is 6.00. The van der Waals surface area contributed by atoms with Crippen molar-refractivity contribution in [1.29, 1.82) is 0 Å². The number of halogens is 2. The van der Waals surface area contributed by atoms with Gasteiger partial charge in [-0.25, -0.2) is 4.98 Å². The maximum atomic E-state index is 12.6. The predicted octanol–water partition coefficient (Wildman–Crippen LogP) is 4.46. The maximum absolute atomic E-state index is 12.6. The maximum Gasteiger partial charge on any atom is 0.288 e. The number of carbonyl (C=O) groups is 1. The van der Waals surface area contributed by atoms with Crippen LogP contribution in [0.1, 0.15) is 20.9 Å². The first-order chi connectivity index (χ1) is 12.5. The van der Waals surface area contributed by atoms with E-state index in [1.807, 2.05) is 12.4 Å². The molecule has 0 saturated heterocycles. The Morgan fingerprint density at radius 3 is 2.92 bits per heavy atom. The molecule has 0 unspecified atom stereocenters. The Balaban J connectivity index is 1.64. The van der Waals surface area contributed by atoms with Crippen LogP contribution in [0, 0.1) is 6.92 Å². The fourth-order valence-corrected chi connectivity index (χ4v) is 3.79. The number of benzene rings is 1. The molecule has 0 saturated carbocycles. The van der Waals surface area contributed by atoms with Crippen LogP contribution in [0.5, 0.6) is 0 Å². The van der Waals surface area contributed by atoms with Crippen LogP contribution in [-0.2, 0) is 13.0 Å². The molecule has 0 aliphatic rings. The molecular weight excluding hydrogens is 378 g/mol. The van der Waals surface area contributed by atoms with Gasteiger partial charge in [-0.05, 0) is 19.1 Å². The highest BCUT2D eigenvalue weighted by Crippen LogP contribution is 2.28. The smallest absolute Gasteiger partial charge is 0.288 e. The number of carbonyl (C=O) groups excluding carboxylic acids is 1. The Morgan fingerprint density at radius 1 is 1.38 bits per heavy atom. The molecule has 0 aliphatic heterocycles. The highest BCUT2D eigenvalue weighted by Gasteiger charge is 2.16. The van der Waals surface area contributed by atoms with Gasteiger partial charge in [0, 0.05) is 28.9 Å². The molecule has 0 spiro atoms. The van der Waals surface area contributed by atoms with Gasteiger partial charge in [-0.2, -0.15) is 13.9 Å². The molecule has 2 aromatic heterocycles. The van der Waals surface area contributed by atoms with Crippen LogP contribution < -0.4 is 5.32 Å². The zero-order chi connectivity index (χ0) is 18.5. The molecule has 9 heteroatoms. The number of anilines is 1. The number of amides is 1. The molecule has 1 aromatic carbocycles. The van der Waals surface area contributed by atoms with E-state index in [1.165, 1.54) is 17.0 Å². The summed E-state index contributed by atoms with van der Waals surface area (Å²) in [7, 11) is 0. The molecule has 0 bridgehead atoms. The quantitative estimate of drug-likeness (QED) is 0.601. The molecule has 0 fully saturated rings. The number of alkyl halides is 2. The molecular formula is C17H16F2N4OS2. The van der Waals surface area contributed by atoms with Crippen molar-refractivity contribution >= 4 is 34.7 Å². The average molecular weight is 394 g/mol. The summed E-state index contributed by atoms with van der Waals surface area (Å²) < 4.78 is 27.0. The van der Waals surface area contributed by atoms with Gasteiger partial charge < -0.3 is 5.32 Å². The fourth-order valence-electron chi connectivity index (χ4n) is 2.38. The van der Waals surface area contributed by atoms with E-state index in [9.17, 15) is 13.6 Å². The van der Waals surface area contributed by atoms with Crippen LogP contribution in [0.4, 0.5) is 14.5 Å². The molecule has 3 rings (SSSR count). The number of aryl methyl sites for hydroxylation is 3. The topological polar surface area (TPSA) is 59.8 Å². The summed E-state index contributed by atoms with van der Waals surface area (Å²) in [5.74, 6) is -3.02. The minimum absolute atomic E-state index is 0.214. The van der Waals surface area contributed by atoms with Crippen LogP contribution in [0.3, 0.4) is 0 Å². The first-order valence-corrected chi connectivity index (χ1v) is 9.55. The highest BCUT2D eigenvalue weighted by atomic mass is 32.2. The number of hydrogen-bond acceptors (Lipinski definition) is 5. The third-order valence-electron chi connectivity index (χ3n) is 3.65. The number of thiazole rings is 1. The van der Waals surface area contributed by atoms with Gasteiger partial charge in [0.1, 0.15) is 0 Å². The molecule has 0 radical (unpaired) electrons. The lowest BCUT2D eigenvalue weighted by Gasteiger charge is -2.08. The SMILES string of the molecule is Cc1ncsc1CCn1cc(NC(=O)c2ccccc2SC(F)F)cn1. The summed E-state index contributed by atoms with van der Waals surface area (Å²) in [4.78, 5) is 18.1. The van der Waals surface area contributed by atoms with Crippen molar-refractivity contribution in [1.82, 2.24) is 14.8 Å². The largest absolute Gasteiger partial charge is 0.319 e. The molecule has 1 N–H and O–H groups in total. The highest BCUT2D eigenvalue weighted by molar-refractivity contribution is 7.99. The average Bonchev–Trinajstić information content (AvgIpc) is 3.21. The number of aromatic nitrogens is 3. The Labute approximate surface area is 157 Å². The molecule has 2 heterocycles. The molecule has 26 heavy (non-hydrogen) atoms. The number of thioether (sulfide) groups is 1. The first-order valence-electron chi connectivity index (χ1n) is 7.79. The lowest BCUT2D eigenvalue weighted by atomic mass is 10.2. The van der Waals surface area contributed by atoms with Crippen molar-refractivity contribution in [2.45, 2.75) is 30.5 Å². The van der Waals surface area contributed by atoms with Gasteiger partial charge >= 0.3 is 0 Å². The Morgan fingerprint density at radius 2 is 2.19 bits per heavy atom. The lowest BCUT2D eigenvalue weighted by Crippen LogP contribution is -2.12. The van der Waals surface area contributed by atoms with Gasteiger partial charge in [0.2, 0.25) is 0 Å². The minimum atomic E-state index is -2.58. The summed E-state index contributed by atoms with van der Waals surface area (Å²) >= 11 is 1.96. The molecule has 0 atom stereocenters. The van der Waals surface area contributed by atoms with Crippen molar-refractivity contribution in [3.8, 4) is 0 Å². The summed E-state index contributed by atoms with van der Waals surface area (Å²) in [5.41, 5.74) is 3.57. The van der Waals surface area contributed by atoms with Gasteiger partial charge in [0.05, 0.1) is 28.7 Å². The predicted molar refractivity (Wildman–Crippen MR) is 99.0 cm³/mol. The lowest BCUT2D eigenvalue weighted by molar-refractivity contribution is 0.102. The van der Waals surface area contributed by atoms with Crippen molar-refractivity contribution in [2.24, 2.45) is 0 Å². The summed E-state index contributed by atoms with van der Waals surface area (Å²) in [5, 5.41) is 6.93. The van der Waals surface area contributed by atoms with Gasteiger partial charge in [-0.1, -0.05) is 23.9 Å². The number of hydrogen-bond donors (Lipinski definition) is 1. The van der Waals surface area contributed by atoms with E-state index in [2.05, 4.69) is 15.4 Å². The second-order valence-electron chi connectivity index (χ2n) is 5.43. The second kappa shape index (κ2) is 8.41. The van der Waals surface area contributed by atoms with Crippen molar-refractivity contribution in [3.63, 3.8) is 0 Å². The molecule has 0 aliphatic carbocycles. The molecule has 5 nitrogen and oxygen atoms in total. The Hall–Kier alpha value is -2.26. The zero-order valence-electron chi connectivity index (χ0n) is 13.9. The van der Waals surface area contributed by atoms with Crippen molar-refractivity contribution < 1.29 is 13.6 Å². The second-order valence-corrected chi connectivity index (χ2v) is 7.40.